The van der Waals surface area contributed by atoms with Crippen molar-refractivity contribution in [2.24, 2.45) is 11.8 Å². The first-order chi connectivity index (χ1) is 17.1. The van der Waals surface area contributed by atoms with Crippen LogP contribution in [-0.2, 0) is 12.8 Å². The summed E-state index contributed by atoms with van der Waals surface area (Å²) in [6.45, 7) is 5.66. The third kappa shape index (κ3) is 5.51. The summed E-state index contributed by atoms with van der Waals surface area (Å²) in [5.41, 5.74) is 5.60. The standard InChI is InChI=1S/C29H40N2O4.ClH.H2O/c1-6-18-17-31-10-8-20-14-27(33-3)29(35-5)16-23(20)25(31)12-21(18)11-24-22-15-28(34-4)26(32-2)13-19(22)7-9-30-24;;/h13-16,18,21,24-25,30H,6-12,17H2,1-5H3;1H;1H2/t18-,21-,24+,25?;;/m0../s1. The lowest BCUT2D eigenvalue weighted by molar-refractivity contribution is 0.0434. The van der Waals surface area contributed by atoms with Gasteiger partial charge in [-0.3, -0.25) is 4.90 Å². The number of halogens is 1. The highest BCUT2D eigenvalue weighted by Crippen LogP contribution is 2.48. The van der Waals surface area contributed by atoms with Crippen molar-refractivity contribution in [1.29, 1.82) is 0 Å². The highest BCUT2D eigenvalue weighted by molar-refractivity contribution is 5.85. The Hall–Kier alpha value is -2.19. The number of methoxy groups -OCH3 is 4. The van der Waals surface area contributed by atoms with Crippen molar-refractivity contribution in [3.63, 3.8) is 0 Å². The van der Waals surface area contributed by atoms with E-state index < -0.39 is 0 Å². The molecule has 0 bridgehead atoms. The lowest BCUT2D eigenvalue weighted by Gasteiger charge is -2.48. The molecule has 0 spiro atoms. The van der Waals surface area contributed by atoms with Crippen LogP contribution in [0.1, 0.15) is 60.5 Å². The van der Waals surface area contributed by atoms with Gasteiger partial charge in [0.05, 0.1) is 28.4 Å². The normalized spacial score (nSPS) is 24.4. The highest BCUT2D eigenvalue weighted by atomic mass is 35.5. The predicted octanol–water partition coefficient (Wildman–Crippen LogP) is 4.54. The first kappa shape index (κ1) is 29.4. The van der Waals surface area contributed by atoms with E-state index in [0.29, 0.717) is 23.9 Å². The van der Waals surface area contributed by atoms with E-state index in [1.807, 2.05) is 0 Å². The van der Waals surface area contributed by atoms with E-state index in [0.717, 1.165) is 55.4 Å². The Balaban J connectivity index is 0.00000190. The summed E-state index contributed by atoms with van der Waals surface area (Å²) in [5, 5.41) is 3.83. The molecule has 1 unspecified atom stereocenters. The van der Waals surface area contributed by atoms with Crippen LogP contribution in [0.3, 0.4) is 0 Å². The zero-order valence-electron chi connectivity index (χ0n) is 22.8. The molecule has 37 heavy (non-hydrogen) atoms. The van der Waals surface area contributed by atoms with Crippen molar-refractivity contribution < 1.29 is 24.4 Å². The maximum atomic E-state index is 5.68. The predicted molar refractivity (Wildman–Crippen MR) is 149 cm³/mol. The third-order valence-corrected chi connectivity index (χ3v) is 8.64. The quantitative estimate of drug-likeness (QED) is 0.561. The van der Waals surface area contributed by atoms with E-state index in [1.54, 1.807) is 28.4 Å². The van der Waals surface area contributed by atoms with Gasteiger partial charge in [0, 0.05) is 25.2 Å². The van der Waals surface area contributed by atoms with Crippen LogP contribution in [-0.4, -0.2) is 58.4 Å². The van der Waals surface area contributed by atoms with E-state index in [-0.39, 0.29) is 17.9 Å². The summed E-state index contributed by atoms with van der Waals surface area (Å²) >= 11 is 0. The first-order valence-corrected chi connectivity index (χ1v) is 13.1. The van der Waals surface area contributed by atoms with Gasteiger partial charge in [0.15, 0.2) is 23.0 Å². The SMILES string of the molecule is CC[C@H]1CN2CCc3cc(OC)c(OC)cc3C2C[C@@H]1C[C@H]1NCCc2cc(OC)c(OC)cc21.Cl.O. The molecule has 3 aliphatic rings. The summed E-state index contributed by atoms with van der Waals surface area (Å²) < 4.78 is 22.5. The van der Waals surface area contributed by atoms with Crippen LogP contribution in [0.25, 0.3) is 0 Å². The number of nitrogens with zero attached hydrogens (tertiary/aromatic N) is 1. The van der Waals surface area contributed by atoms with Gasteiger partial charge in [0.1, 0.15) is 0 Å². The van der Waals surface area contributed by atoms with Crippen LogP contribution in [0.15, 0.2) is 24.3 Å². The van der Waals surface area contributed by atoms with E-state index in [2.05, 4.69) is 41.4 Å². The number of piperidine rings is 1. The minimum absolute atomic E-state index is 0. The largest absolute Gasteiger partial charge is 0.493 e. The minimum atomic E-state index is 0. The van der Waals surface area contributed by atoms with Crippen molar-refractivity contribution >= 4 is 12.4 Å². The number of rotatable bonds is 7. The minimum Gasteiger partial charge on any atom is -0.493 e. The van der Waals surface area contributed by atoms with Gasteiger partial charge in [-0.1, -0.05) is 13.3 Å². The molecule has 3 aliphatic heterocycles. The Kier molecular flexibility index (Phi) is 9.98. The second-order valence-electron chi connectivity index (χ2n) is 10.2. The third-order valence-electron chi connectivity index (χ3n) is 8.64. The topological polar surface area (TPSA) is 83.7 Å². The molecule has 0 amide bonds. The van der Waals surface area contributed by atoms with Gasteiger partial charge >= 0.3 is 0 Å². The van der Waals surface area contributed by atoms with Gasteiger partial charge in [-0.05, 0) is 90.6 Å². The van der Waals surface area contributed by atoms with Gasteiger partial charge in [0.2, 0.25) is 0 Å². The molecule has 2 aromatic rings. The second kappa shape index (κ2) is 12.6. The maximum absolute atomic E-state index is 5.68. The molecule has 2 aromatic carbocycles. The van der Waals surface area contributed by atoms with E-state index in [4.69, 9.17) is 18.9 Å². The molecule has 8 heteroatoms. The molecule has 206 valence electrons. The Morgan fingerprint density at radius 3 is 1.97 bits per heavy atom. The van der Waals surface area contributed by atoms with E-state index in [9.17, 15) is 0 Å². The molecule has 0 aromatic heterocycles. The molecule has 4 atom stereocenters. The van der Waals surface area contributed by atoms with Crippen LogP contribution in [0.2, 0.25) is 0 Å². The number of hydrogen-bond donors (Lipinski definition) is 1. The second-order valence-corrected chi connectivity index (χ2v) is 10.2. The van der Waals surface area contributed by atoms with Crippen molar-refractivity contribution in [2.45, 2.75) is 51.1 Å². The summed E-state index contributed by atoms with van der Waals surface area (Å²) in [6, 6.07) is 9.61. The lowest BCUT2D eigenvalue weighted by atomic mass is 9.72. The van der Waals surface area contributed by atoms with E-state index >= 15 is 0 Å². The molecule has 1 fully saturated rings. The van der Waals surface area contributed by atoms with Crippen molar-refractivity contribution in [3.8, 4) is 23.0 Å². The maximum Gasteiger partial charge on any atom is 0.161 e. The van der Waals surface area contributed by atoms with Gasteiger partial charge in [-0.2, -0.15) is 0 Å². The first-order valence-electron chi connectivity index (χ1n) is 13.1. The van der Waals surface area contributed by atoms with Crippen LogP contribution in [0.5, 0.6) is 23.0 Å². The average Bonchev–Trinajstić information content (AvgIpc) is 2.91. The molecule has 3 heterocycles. The zero-order valence-corrected chi connectivity index (χ0v) is 23.6. The Morgan fingerprint density at radius 1 is 0.811 bits per heavy atom. The fourth-order valence-corrected chi connectivity index (χ4v) is 6.74. The van der Waals surface area contributed by atoms with Crippen LogP contribution >= 0.6 is 12.4 Å². The van der Waals surface area contributed by atoms with Crippen molar-refractivity contribution in [3.05, 3.63) is 46.5 Å². The molecule has 3 N–H and O–H groups in total. The number of hydrogen-bond acceptors (Lipinski definition) is 6. The van der Waals surface area contributed by atoms with Crippen LogP contribution in [0.4, 0.5) is 0 Å². The lowest BCUT2D eigenvalue weighted by Crippen LogP contribution is -2.46. The Morgan fingerprint density at radius 2 is 1.38 bits per heavy atom. The fraction of sp³-hybridized carbons (Fsp3) is 0.586. The molecule has 5 rings (SSSR count). The summed E-state index contributed by atoms with van der Waals surface area (Å²) in [5.74, 6) is 4.69. The summed E-state index contributed by atoms with van der Waals surface area (Å²) in [4.78, 5) is 2.72. The number of ether oxygens (including phenoxy) is 4. The van der Waals surface area contributed by atoms with E-state index in [1.165, 1.54) is 41.6 Å². The molecule has 7 nitrogen and oxygen atoms in total. The summed E-state index contributed by atoms with van der Waals surface area (Å²) in [7, 11) is 6.90. The molecular formula is C29H43ClN2O5. The molecule has 0 radical (unpaired) electrons. The monoisotopic (exact) mass is 534 g/mol. The van der Waals surface area contributed by atoms with Gasteiger partial charge < -0.3 is 29.7 Å². The Bertz CT molecular complexity index is 1060. The highest BCUT2D eigenvalue weighted by Gasteiger charge is 2.40. The number of nitrogens with one attached hydrogen (secondary N) is 1. The molecule has 1 saturated heterocycles. The van der Waals surface area contributed by atoms with Crippen LogP contribution < -0.4 is 24.3 Å². The van der Waals surface area contributed by atoms with Crippen molar-refractivity contribution in [2.75, 3.05) is 48.1 Å². The zero-order chi connectivity index (χ0) is 24.5. The summed E-state index contributed by atoms with van der Waals surface area (Å²) in [6.07, 6.45) is 5.65. The van der Waals surface area contributed by atoms with Crippen LogP contribution in [0, 0.1) is 11.8 Å². The molecule has 0 aliphatic carbocycles. The number of benzene rings is 2. The van der Waals surface area contributed by atoms with Gasteiger partial charge in [-0.15, -0.1) is 12.4 Å². The molecule has 0 saturated carbocycles. The Labute approximate surface area is 227 Å². The van der Waals surface area contributed by atoms with Gasteiger partial charge in [-0.25, -0.2) is 0 Å². The smallest absolute Gasteiger partial charge is 0.161 e. The molecular weight excluding hydrogens is 492 g/mol. The number of fused-ring (bicyclic) bond motifs is 4. The van der Waals surface area contributed by atoms with Crippen molar-refractivity contribution in [1.82, 2.24) is 10.2 Å². The fourth-order valence-electron chi connectivity index (χ4n) is 6.74. The van der Waals surface area contributed by atoms with Gasteiger partial charge in [0.25, 0.3) is 0 Å². The average molecular weight is 535 g/mol.